The number of nitrogens with zero attached hydrogens (tertiary/aromatic N) is 2. The minimum absolute atomic E-state index is 0.210. The van der Waals surface area contributed by atoms with Crippen LogP contribution in [-0.2, 0) is 11.3 Å². The van der Waals surface area contributed by atoms with Gasteiger partial charge in [-0.2, -0.15) is 5.10 Å². The highest BCUT2D eigenvalue weighted by Crippen LogP contribution is 2.38. The predicted molar refractivity (Wildman–Crippen MR) is 77.5 cm³/mol. The average molecular weight is 329 g/mol. The molecule has 0 saturated heterocycles. The standard InChI is InChI=1S/C13H21BrN4O/c1-2-16-13(12(15)19)6-3-4-10(13)5-7-18-9-11(14)8-17-18/h8-10,16H,2-7H2,1H3,(H2,15,19). The van der Waals surface area contributed by atoms with Crippen LogP contribution in [0.3, 0.4) is 0 Å². The van der Waals surface area contributed by atoms with Crippen LogP contribution < -0.4 is 11.1 Å². The topological polar surface area (TPSA) is 72.9 Å². The maximum absolute atomic E-state index is 11.9. The Labute approximate surface area is 122 Å². The Morgan fingerprint density at radius 3 is 3.11 bits per heavy atom. The number of hydrogen-bond donors (Lipinski definition) is 2. The summed E-state index contributed by atoms with van der Waals surface area (Å²) in [6.45, 7) is 3.61. The van der Waals surface area contributed by atoms with Crippen molar-refractivity contribution in [1.82, 2.24) is 15.1 Å². The van der Waals surface area contributed by atoms with E-state index in [-0.39, 0.29) is 5.91 Å². The van der Waals surface area contributed by atoms with Crippen molar-refractivity contribution in [2.24, 2.45) is 11.7 Å². The summed E-state index contributed by atoms with van der Waals surface area (Å²) in [5.41, 5.74) is 5.14. The number of primary amides is 1. The Kier molecular flexibility index (Phi) is 4.62. The van der Waals surface area contributed by atoms with E-state index in [9.17, 15) is 4.79 Å². The van der Waals surface area contributed by atoms with E-state index < -0.39 is 5.54 Å². The number of aryl methyl sites for hydroxylation is 1. The second kappa shape index (κ2) is 6.05. The molecule has 2 atom stereocenters. The van der Waals surface area contributed by atoms with Gasteiger partial charge < -0.3 is 11.1 Å². The smallest absolute Gasteiger partial charge is 0.238 e. The van der Waals surface area contributed by atoms with Crippen molar-refractivity contribution in [3.8, 4) is 0 Å². The molecule has 1 aliphatic carbocycles. The molecule has 0 bridgehead atoms. The van der Waals surface area contributed by atoms with Crippen LogP contribution in [-0.4, -0.2) is 27.8 Å². The van der Waals surface area contributed by atoms with Crippen LogP contribution in [0.1, 0.15) is 32.6 Å². The molecule has 6 heteroatoms. The zero-order valence-corrected chi connectivity index (χ0v) is 12.8. The summed E-state index contributed by atoms with van der Waals surface area (Å²) < 4.78 is 2.88. The van der Waals surface area contributed by atoms with Crippen molar-refractivity contribution in [3.05, 3.63) is 16.9 Å². The van der Waals surface area contributed by atoms with Gasteiger partial charge in [0.2, 0.25) is 5.91 Å². The quantitative estimate of drug-likeness (QED) is 0.834. The summed E-state index contributed by atoms with van der Waals surface area (Å²) in [7, 11) is 0. The highest BCUT2D eigenvalue weighted by atomic mass is 79.9. The van der Waals surface area contributed by atoms with Crippen LogP contribution in [0.5, 0.6) is 0 Å². The van der Waals surface area contributed by atoms with Gasteiger partial charge in [0, 0.05) is 12.7 Å². The number of hydrogen-bond acceptors (Lipinski definition) is 3. The molecule has 0 spiro atoms. The molecule has 0 aromatic carbocycles. The third-order valence-electron chi connectivity index (χ3n) is 4.06. The number of nitrogens with one attached hydrogen (secondary N) is 1. The van der Waals surface area contributed by atoms with E-state index in [1.165, 1.54) is 0 Å². The molecule has 1 heterocycles. The van der Waals surface area contributed by atoms with Gasteiger partial charge in [-0.05, 0) is 47.7 Å². The molecule has 1 aromatic heterocycles. The van der Waals surface area contributed by atoms with Gasteiger partial charge >= 0.3 is 0 Å². The second-order valence-electron chi connectivity index (χ2n) is 5.17. The van der Waals surface area contributed by atoms with E-state index in [1.54, 1.807) is 6.20 Å². The highest BCUT2D eigenvalue weighted by Gasteiger charge is 2.46. The molecule has 1 fully saturated rings. The normalized spacial score (nSPS) is 26.7. The lowest BCUT2D eigenvalue weighted by Crippen LogP contribution is -2.58. The van der Waals surface area contributed by atoms with Crippen molar-refractivity contribution >= 4 is 21.8 Å². The van der Waals surface area contributed by atoms with Gasteiger partial charge in [-0.3, -0.25) is 9.48 Å². The first-order chi connectivity index (χ1) is 9.08. The van der Waals surface area contributed by atoms with E-state index in [1.807, 2.05) is 17.8 Å². The maximum Gasteiger partial charge on any atom is 0.238 e. The lowest BCUT2D eigenvalue weighted by Gasteiger charge is -2.33. The Morgan fingerprint density at radius 2 is 2.53 bits per heavy atom. The van der Waals surface area contributed by atoms with Crippen LogP contribution in [0.4, 0.5) is 0 Å². The summed E-state index contributed by atoms with van der Waals surface area (Å²) >= 11 is 3.39. The number of nitrogens with two attached hydrogens (primary N) is 1. The Balaban J connectivity index is 2.03. The van der Waals surface area contributed by atoms with E-state index in [4.69, 9.17) is 5.73 Å². The van der Waals surface area contributed by atoms with Crippen molar-refractivity contribution in [2.75, 3.05) is 6.54 Å². The van der Waals surface area contributed by atoms with Gasteiger partial charge in [0.1, 0.15) is 5.54 Å². The van der Waals surface area contributed by atoms with Crippen molar-refractivity contribution in [2.45, 2.75) is 44.7 Å². The van der Waals surface area contributed by atoms with Gasteiger partial charge in [0.25, 0.3) is 0 Å². The van der Waals surface area contributed by atoms with E-state index in [2.05, 4.69) is 26.3 Å². The predicted octanol–water partition coefficient (Wildman–Crippen LogP) is 1.67. The van der Waals surface area contributed by atoms with E-state index >= 15 is 0 Å². The molecule has 2 rings (SSSR count). The number of carbonyl (C=O) groups is 1. The molecule has 1 amide bonds. The average Bonchev–Trinajstić information content (AvgIpc) is 2.94. The molecule has 1 aliphatic rings. The highest BCUT2D eigenvalue weighted by molar-refractivity contribution is 9.10. The largest absolute Gasteiger partial charge is 0.368 e. The Bertz CT molecular complexity index is 448. The third kappa shape index (κ3) is 3.00. The summed E-state index contributed by atoms with van der Waals surface area (Å²) in [5, 5.41) is 7.58. The fourth-order valence-corrected chi connectivity index (χ4v) is 3.50. The molecular formula is C13H21BrN4O. The zero-order valence-electron chi connectivity index (χ0n) is 11.2. The van der Waals surface area contributed by atoms with Crippen molar-refractivity contribution in [1.29, 1.82) is 0 Å². The van der Waals surface area contributed by atoms with Gasteiger partial charge in [-0.1, -0.05) is 13.3 Å². The molecule has 5 nitrogen and oxygen atoms in total. The van der Waals surface area contributed by atoms with E-state index in [0.29, 0.717) is 5.92 Å². The third-order valence-corrected chi connectivity index (χ3v) is 4.47. The number of likely N-dealkylation sites (N-methyl/N-ethyl adjacent to an activating group) is 1. The monoisotopic (exact) mass is 328 g/mol. The fourth-order valence-electron chi connectivity index (χ4n) is 3.18. The number of aromatic nitrogens is 2. The van der Waals surface area contributed by atoms with Crippen molar-refractivity contribution < 1.29 is 4.79 Å². The molecule has 19 heavy (non-hydrogen) atoms. The first kappa shape index (κ1) is 14.5. The van der Waals surface area contributed by atoms with Crippen molar-refractivity contribution in [3.63, 3.8) is 0 Å². The number of amides is 1. The zero-order chi connectivity index (χ0) is 13.9. The van der Waals surface area contributed by atoms with Gasteiger partial charge in [-0.15, -0.1) is 0 Å². The van der Waals surface area contributed by atoms with Crippen LogP contribution in [0.25, 0.3) is 0 Å². The minimum atomic E-state index is -0.515. The van der Waals surface area contributed by atoms with E-state index in [0.717, 1.165) is 43.2 Å². The number of halogens is 1. The van der Waals surface area contributed by atoms with Gasteiger partial charge in [0.15, 0.2) is 0 Å². The lowest BCUT2D eigenvalue weighted by molar-refractivity contribution is -0.126. The van der Waals surface area contributed by atoms with Crippen LogP contribution >= 0.6 is 15.9 Å². The summed E-state index contributed by atoms with van der Waals surface area (Å²) in [6, 6.07) is 0. The Hall–Kier alpha value is -0.880. The molecule has 0 radical (unpaired) electrons. The van der Waals surface area contributed by atoms with Crippen LogP contribution in [0.2, 0.25) is 0 Å². The SMILES string of the molecule is CCNC1(C(N)=O)CCCC1CCn1cc(Br)cn1. The maximum atomic E-state index is 11.9. The Morgan fingerprint density at radius 1 is 1.74 bits per heavy atom. The number of carbonyl (C=O) groups excluding carboxylic acids is 1. The summed E-state index contributed by atoms with van der Waals surface area (Å²) in [5.74, 6) is 0.0893. The summed E-state index contributed by atoms with van der Waals surface area (Å²) in [6.07, 6.45) is 7.61. The molecule has 0 aliphatic heterocycles. The molecular weight excluding hydrogens is 308 g/mol. The summed E-state index contributed by atoms with van der Waals surface area (Å²) in [4.78, 5) is 11.9. The molecule has 2 unspecified atom stereocenters. The second-order valence-corrected chi connectivity index (χ2v) is 6.08. The lowest BCUT2D eigenvalue weighted by atomic mass is 9.84. The first-order valence-electron chi connectivity index (χ1n) is 6.81. The van der Waals surface area contributed by atoms with Crippen LogP contribution in [0, 0.1) is 5.92 Å². The van der Waals surface area contributed by atoms with Gasteiger partial charge in [-0.25, -0.2) is 0 Å². The van der Waals surface area contributed by atoms with Gasteiger partial charge in [0.05, 0.1) is 10.7 Å². The fraction of sp³-hybridized carbons (Fsp3) is 0.692. The first-order valence-corrected chi connectivity index (χ1v) is 7.60. The molecule has 3 N–H and O–H groups in total. The molecule has 1 saturated carbocycles. The number of rotatable bonds is 6. The van der Waals surface area contributed by atoms with Crippen LogP contribution in [0.15, 0.2) is 16.9 Å². The molecule has 1 aromatic rings. The minimum Gasteiger partial charge on any atom is -0.368 e. The molecule has 106 valence electrons.